The molecule has 0 aromatic heterocycles. The van der Waals surface area contributed by atoms with Crippen molar-refractivity contribution in [3.8, 4) is 0 Å². The van der Waals surface area contributed by atoms with E-state index in [-0.39, 0.29) is 30.6 Å². The summed E-state index contributed by atoms with van der Waals surface area (Å²) in [7, 11) is 0. The van der Waals surface area contributed by atoms with E-state index in [0.29, 0.717) is 26.6 Å². The van der Waals surface area contributed by atoms with Gasteiger partial charge in [-0.15, -0.1) is 6.58 Å². The number of hydrogen-bond acceptors (Lipinski definition) is 4. The maximum absolute atomic E-state index is 13.1. The number of anilines is 1. The number of rotatable bonds is 6. The summed E-state index contributed by atoms with van der Waals surface area (Å²) in [6, 6.07) is 10.3. The molecule has 29 heavy (non-hydrogen) atoms. The Balaban J connectivity index is 1.74. The summed E-state index contributed by atoms with van der Waals surface area (Å²) in [5.74, 6) is -0.975. The van der Waals surface area contributed by atoms with Gasteiger partial charge in [0, 0.05) is 18.0 Å². The van der Waals surface area contributed by atoms with E-state index in [0.717, 1.165) is 0 Å². The van der Waals surface area contributed by atoms with Crippen LogP contribution < -0.4 is 5.32 Å². The van der Waals surface area contributed by atoms with Gasteiger partial charge in [-0.05, 0) is 42.5 Å². The molecule has 9 heteroatoms. The van der Waals surface area contributed by atoms with Gasteiger partial charge in [0.15, 0.2) is 5.17 Å². The molecule has 3 rings (SSSR count). The van der Waals surface area contributed by atoms with E-state index < -0.39 is 5.25 Å². The minimum atomic E-state index is -0.639. The smallest absolute Gasteiger partial charge is 0.242 e. The van der Waals surface area contributed by atoms with Gasteiger partial charge in [0.2, 0.25) is 11.8 Å². The molecule has 2 aromatic carbocycles. The van der Waals surface area contributed by atoms with Gasteiger partial charge in [-0.3, -0.25) is 14.5 Å². The second-order valence-electron chi connectivity index (χ2n) is 6.09. The van der Waals surface area contributed by atoms with Crippen LogP contribution in [-0.2, 0) is 9.59 Å². The average Bonchev–Trinajstić information content (AvgIpc) is 2.95. The van der Waals surface area contributed by atoms with Crippen LogP contribution in [0.2, 0.25) is 10.0 Å². The topological polar surface area (TPSA) is 61.8 Å². The fourth-order valence-electron chi connectivity index (χ4n) is 2.61. The molecule has 1 fully saturated rings. The summed E-state index contributed by atoms with van der Waals surface area (Å²) in [4.78, 5) is 31.0. The maximum atomic E-state index is 13.1. The largest absolute Gasteiger partial charge is 0.325 e. The number of carbonyl (C=O) groups is 2. The van der Waals surface area contributed by atoms with Crippen LogP contribution in [0.1, 0.15) is 6.42 Å². The summed E-state index contributed by atoms with van der Waals surface area (Å²) in [5.41, 5.74) is 0.925. The van der Waals surface area contributed by atoms with Crippen LogP contribution in [0.25, 0.3) is 0 Å². The Morgan fingerprint density at radius 3 is 2.66 bits per heavy atom. The second kappa shape index (κ2) is 9.43. The van der Waals surface area contributed by atoms with Gasteiger partial charge < -0.3 is 5.32 Å². The van der Waals surface area contributed by atoms with E-state index in [1.54, 1.807) is 18.2 Å². The first kappa shape index (κ1) is 21.4. The van der Waals surface area contributed by atoms with E-state index in [1.807, 2.05) is 0 Å². The van der Waals surface area contributed by atoms with E-state index in [1.165, 1.54) is 47.0 Å². The minimum absolute atomic E-state index is 0.0570. The number of amides is 2. The number of nitrogens with zero attached hydrogens (tertiary/aromatic N) is 2. The molecule has 1 aliphatic heterocycles. The lowest BCUT2D eigenvalue weighted by molar-refractivity contribution is -0.127. The molecule has 1 heterocycles. The van der Waals surface area contributed by atoms with Gasteiger partial charge in [-0.2, -0.15) is 0 Å². The van der Waals surface area contributed by atoms with Crippen molar-refractivity contribution >= 4 is 63.3 Å². The molecule has 0 radical (unpaired) electrons. The van der Waals surface area contributed by atoms with Gasteiger partial charge in [0.05, 0.1) is 16.4 Å². The highest BCUT2D eigenvalue weighted by molar-refractivity contribution is 8.15. The van der Waals surface area contributed by atoms with E-state index in [4.69, 9.17) is 23.2 Å². The monoisotopic (exact) mass is 451 g/mol. The van der Waals surface area contributed by atoms with Crippen molar-refractivity contribution in [3.63, 3.8) is 0 Å². The second-order valence-corrected chi connectivity index (χ2v) is 8.10. The van der Waals surface area contributed by atoms with Crippen LogP contribution in [0.15, 0.2) is 60.1 Å². The third kappa shape index (κ3) is 5.38. The first-order valence-electron chi connectivity index (χ1n) is 8.55. The van der Waals surface area contributed by atoms with Crippen LogP contribution in [0, 0.1) is 5.82 Å². The van der Waals surface area contributed by atoms with Gasteiger partial charge in [-0.25, -0.2) is 9.38 Å². The first-order valence-corrected chi connectivity index (χ1v) is 10.2. The minimum Gasteiger partial charge on any atom is -0.325 e. The van der Waals surface area contributed by atoms with Crippen LogP contribution in [0.4, 0.5) is 15.8 Å². The fraction of sp³-hybridized carbons (Fsp3) is 0.150. The molecule has 0 aliphatic carbocycles. The summed E-state index contributed by atoms with van der Waals surface area (Å²) in [6.07, 6.45) is 1.52. The van der Waals surface area contributed by atoms with Crippen LogP contribution in [-0.4, -0.2) is 33.7 Å². The van der Waals surface area contributed by atoms with Crippen molar-refractivity contribution < 1.29 is 14.0 Å². The summed E-state index contributed by atoms with van der Waals surface area (Å²) in [5, 5.41) is 3.25. The normalized spacial score (nSPS) is 17.6. The number of hydrogen-bond donors (Lipinski definition) is 1. The predicted octanol–water partition coefficient (Wildman–Crippen LogP) is 5.28. The standard InChI is InChI=1S/C20H16Cl2FN3O2S/c1-2-9-26-19(28)17(29-20(26)24-14-6-4-13(23)5-7-14)11-18(27)25-16-8-3-12(21)10-15(16)22/h2-8,10,17H,1,9,11H2,(H,25,27). The average molecular weight is 452 g/mol. The number of nitrogens with one attached hydrogen (secondary N) is 1. The Labute approximate surface area is 181 Å². The zero-order valence-electron chi connectivity index (χ0n) is 15.1. The van der Waals surface area contributed by atoms with Crippen molar-refractivity contribution in [3.05, 3.63) is 71.0 Å². The number of amidine groups is 1. The highest BCUT2D eigenvalue weighted by Crippen LogP contribution is 2.32. The molecule has 5 nitrogen and oxygen atoms in total. The molecule has 2 amide bonds. The number of halogens is 3. The molecule has 1 N–H and O–H groups in total. The number of carbonyl (C=O) groups excluding carboxylic acids is 2. The number of aliphatic imine (C=N–C) groups is 1. The molecular weight excluding hydrogens is 436 g/mol. The van der Waals surface area contributed by atoms with Gasteiger partial charge in [-0.1, -0.05) is 41.0 Å². The van der Waals surface area contributed by atoms with E-state index >= 15 is 0 Å². The van der Waals surface area contributed by atoms with Crippen molar-refractivity contribution in [2.45, 2.75) is 11.7 Å². The van der Waals surface area contributed by atoms with Crippen molar-refractivity contribution in [1.82, 2.24) is 4.90 Å². The molecule has 1 saturated heterocycles. The fourth-order valence-corrected chi connectivity index (χ4v) is 4.23. The molecule has 0 spiro atoms. The Kier molecular flexibility index (Phi) is 6.95. The summed E-state index contributed by atoms with van der Waals surface area (Å²) < 4.78 is 13.1. The molecule has 2 aromatic rings. The number of thioether (sulfide) groups is 1. The van der Waals surface area contributed by atoms with Crippen LogP contribution in [0.5, 0.6) is 0 Å². The third-order valence-corrected chi connectivity index (χ3v) is 5.68. The molecule has 1 atom stereocenters. The lowest BCUT2D eigenvalue weighted by Crippen LogP contribution is -2.33. The molecular formula is C20H16Cl2FN3O2S. The Morgan fingerprint density at radius 2 is 2.00 bits per heavy atom. The Morgan fingerprint density at radius 1 is 1.28 bits per heavy atom. The molecule has 0 bridgehead atoms. The molecule has 150 valence electrons. The van der Waals surface area contributed by atoms with Crippen molar-refractivity contribution in [2.75, 3.05) is 11.9 Å². The molecule has 0 saturated carbocycles. The van der Waals surface area contributed by atoms with Crippen LogP contribution >= 0.6 is 35.0 Å². The summed E-state index contributed by atoms with van der Waals surface area (Å²) >= 11 is 13.1. The maximum Gasteiger partial charge on any atom is 0.242 e. The van der Waals surface area contributed by atoms with Gasteiger partial charge in [0.1, 0.15) is 11.1 Å². The zero-order valence-corrected chi connectivity index (χ0v) is 17.4. The quantitative estimate of drug-likeness (QED) is 0.607. The summed E-state index contributed by atoms with van der Waals surface area (Å²) in [6.45, 7) is 3.91. The van der Waals surface area contributed by atoms with Crippen molar-refractivity contribution in [2.24, 2.45) is 4.99 Å². The molecule has 1 unspecified atom stereocenters. The van der Waals surface area contributed by atoms with Crippen LogP contribution in [0.3, 0.4) is 0 Å². The Hall–Kier alpha value is -2.35. The third-order valence-electron chi connectivity index (χ3n) is 3.96. The van der Waals surface area contributed by atoms with Crippen molar-refractivity contribution in [1.29, 1.82) is 0 Å². The van der Waals surface area contributed by atoms with Gasteiger partial charge >= 0.3 is 0 Å². The predicted molar refractivity (Wildman–Crippen MR) is 116 cm³/mol. The lowest BCUT2D eigenvalue weighted by Gasteiger charge is -2.14. The number of benzene rings is 2. The van der Waals surface area contributed by atoms with E-state index in [2.05, 4.69) is 16.9 Å². The first-order chi connectivity index (χ1) is 13.9. The SMILES string of the molecule is C=CCN1C(=O)C(CC(=O)Nc2ccc(Cl)cc2Cl)SC1=Nc1ccc(F)cc1. The van der Waals surface area contributed by atoms with E-state index in [9.17, 15) is 14.0 Å². The van der Waals surface area contributed by atoms with Gasteiger partial charge in [0.25, 0.3) is 0 Å². The zero-order chi connectivity index (χ0) is 21.0. The lowest BCUT2D eigenvalue weighted by atomic mass is 10.2. The highest BCUT2D eigenvalue weighted by atomic mass is 35.5. The Bertz CT molecular complexity index is 982. The highest BCUT2D eigenvalue weighted by Gasteiger charge is 2.38. The molecule has 1 aliphatic rings.